The highest BCUT2D eigenvalue weighted by molar-refractivity contribution is 6.11. The highest BCUT2D eigenvalue weighted by atomic mass is 16.5. The lowest BCUT2D eigenvalue weighted by atomic mass is 9.67. The Morgan fingerprint density at radius 1 is 0.560 bits per heavy atom. The summed E-state index contributed by atoms with van der Waals surface area (Å²) in [4.78, 5) is 0. The van der Waals surface area contributed by atoms with Crippen molar-refractivity contribution in [2.45, 2.75) is 11.8 Å². The third-order valence-electron chi connectivity index (χ3n) is 11.6. The third kappa shape index (κ3) is 3.30. The summed E-state index contributed by atoms with van der Waals surface area (Å²) in [7, 11) is 0. The van der Waals surface area contributed by atoms with Crippen LogP contribution in [-0.2, 0) is 5.41 Å². The molecular weight excluding hydrogens is 609 g/mol. The predicted octanol–water partition coefficient (Wildman–Crippen LogP) is 11.4. The highest BCUT2D eigenvalue weighted by Gasteiger charge is 2.50. The largest absolute Gasteiger partial charge is 0.488 e. The maximum atomic E-state index is 6.30. The van der Waals surface area contributed by atoms with Gasteiger partial charge in [0.1, 0.15) is 12.4 Å². The van der Waals surface area contributed by atoms with E-state index in [2.05, 4.69) is 167 Å². The zero-order valence-corrected chi connectivity index (χ0v) is 27.2. The number of rotatable bonds is 3. The molecule has 4 heterocycles. The molecule has 6 aromatic carbocycles. The smallest absolute Gasteiger partial charge is 0.129 e. The van der Waals surface area contributed by atoms with Gasteiger partial charge in [-0.1, -0.05) is 109 Å². The first kappa shape index (κ1) is 26.6. The lowest BCUT2D eigenvalue weighted by Crippen LogP contribution is -2.34. The third-order valence-corrected chi connectivity index (χ3v) is 11.6. The second-order valence-electron chi connectivity index (χ2n) is 14.1. The van der Waals surface area contributed by atoms with Crippen molar-refractivity contribution in [2.24, 2.45) is 0 Å². The second kappa shape index (κ2) is 9.43. The second-order valence-corrected chi connectivity index (χ2v) is 14.1. The zero-order chi connectivity index (χ0) is 32.6. The zero-order valence-electron chi connectivity index (χ0n) is 27.2. The maximum absolute atomic E-state index is 6.30. The van der Waals surface area contributed by atoms with Crippen molar-refractivity contribution >= 4 is 44.4 Å². The first-order valence-corrected chi connectivity index (χ1v) is 17.5. The molecule has 12 rings (SSSR count). The fourth-order valence-corrected chi connectivity index (χ4v) is 9.48. The number of hydrogen-bond donors (Lipinski definition) is 0. The average Bonchev–Trinajstić information content (AvgIpc) is 3.84. The van der Waals surface area contributed by atoms with E-state index in [4.69, 9.17) is 4.74 Å². The van der Waals surface area contributed by atoms with E-state index in [9.17, 15) is 0 Å². The van der Waals surface area contributed by atoms with Gasteiger partial charge in [-0.25, -0.2) is 0 Å². The van der Waals surface area contributed by atoms with E-state index in [1.54, 1.807) is 0 Å². The summed E-state index contributed by atoms with van der Waals surface area (Å²) in [5.41, 5.74) is 17.6. The van der Waals surface area contributed by atoms with Gasteiger partial charge in [-0.3, -0.25) is 0 Å². The van der Waals surface area contributed by atoms with Gasteiger partial charge in [-0.15, -0.1) is 0 Å². The Morgan fingerprint density at radius 2 is 1.32 bits per heavy atom. The molecule has 0 saturated heterocycles. The molecule has 234 valence electrons. The van der Waals surface area contributed by atoms with Crippen LogP contribution in [0.25, 0.3) is 78.0 Å². The Bertz CT molecular complexity index is 2880. The van der Waals surface area contributed by atoms with E-state index in [1.165, 1.54) is 88.6 Å². The van der Waals surface area contributed by atoms with Crippen molar-refractivity contribution in [1.82, 2.24) is 9.13 Å². The van der Waals surface area contributed by atoms with Gasteiger partial charge in [0, 0.05) is 38.7 Å². The molecule has 2 aliphatic carbocycles. The fourth-order valence-electron chi connectivity index (χ4n) is 9.48. The Hall–Kier alpha value is -6.32. The molecule has 2 aromatic heterocycles. The number of aromatic nitrogens is 2. The molecule has 0 radical (unpaired) electrons. The van der Waals surface area contributed by atoms with E-state index in [0.29, 0.717) is 6.61 Å². The minimum absolute atomic E-state index is 0.151. The summed E-state index contributed by atoms with van der Waals surface area (Å²) < 4.78 is 11.3. The van der Waals surface area contributed by atoms with Crippen molar-refractivity contribution in [3.05, 3.63) is 174 Å². The molecule has 4 aliphatic rings. The summed E-state index contributed by atoms with van der Waals surface area (Å²) >= 11 is 0. The van der Waals surface area contributed by atoms with Crippen molar-refractivity contribution < 1.29 is 4.74 Å². The summed E-state index contributed by atoms with van der Waals surface area (Å²) in [5, 5.41) is 3.83. The molecular formula is C47H30N2O. The van der Waals surface area contributed by atoms with Crippen LogP contribution in [0.2, 0.25) is 0 Å². The molecule has 0 amide bonds. The molecule has 50 heavy (non-hydrogen) atoms. The van der Waals surface area contributed by atoms with Gasteiger partial charge in [-0.2, -0.15) is 0 Å². The first-order chi connectivity index (χ1) is 24.8. The fraction of sp³-hybridized carbons (Fsp3) is 0.0638. The monoisotopic (exact) mass is 638 g/mol. The Labute approximate surface area is 289 Å². The quantitative estimate of drug-likeness (QED) is 0.188. The molecule has 1 spiro atoms. The number of allylic oxidation sites excluding steroid dienone is 3. The number of hydrogen-bond acceptors (Lipinski definition) is 1. The molecule has 3 nitrogen and oxygen atoms in total. The molecule has 0 fully saturated rings. The van der Waals surface area contributed by atoms with Gasteiger partial charge in [0.05, 0.1) is 27.7 Å². The first-order valence-electron chi connectivity index (χ1n) is 17.5. The molecule has 0 bridgehead atoms. The Balaban J connectivity index is 1.06. The van der Waals surface area contributed by atoms with Gasteiger partial charge in [0.2, 0.25) is 0 Å². The van der Waals surface area contributed by atoms with E-state index < -0.39 is 0 Å². The van der Waals surface area contributed by atoms with Crippen LogP contribution in [-0.4, -0.2) is 15.7 Å². The SMILES string of the molecule is C1=Cc2c3n(c4ccc(-c5ccc6c7ccccc7n(-c7ccc(-c8ccccc8)cc7)c6c5)cc24)-c2cccc4c2C2=C(C=CC23C1)CO4. The average molecular weight is 639 g/mol. The summed E-state index contributed by atoms with van der Waals surface area (Å²) in [5.74, 6) is 1.00. The summed E-state index contributed by atoms with van der Waals surface area (Å²) in [6.45, 7) is 0.643. The molecule has 0 saturated carbocycles. The Kier molecular flexibility index (Phi) is 5.02. The van der Waals surface area contributed by atoms with Crippen LogP contribution in [0.4, 0.5) is 0 Å². The topological polar surface area (TPSA) is 19.1 Å². The number of fused-ring (bicyclic) bond motifs is 7. The van der Waals surface area contributed by atoms with Gasteiger partial charge < -0.3 is 13.9 Å². The standard InChI is InChI=1S/C47H30N2O/c1-2-8-29(9-3-1)30-15-19-34(20-16-30)48-39-12-5-4-10-35(39)36-21-17-32(27-42(36)48)31-18-22-40-38(26-31)37-11-7-24-47-25-23-33-28-50-43-14-6-13-41(44(43)45(33)47)49(40)46(37)47/h1-23,25-27H,24,28H2. The van der Waals surface area contributed by atoms with Crippen LogP contribution in [0.5, 0.6) is 5.75 Å². The van der Waals surface area contributed by atoms with E-state index in [-0.39, 0.29) is 5.41 Å². The lowest BCUT2D eigenvalue weighted by Gasteiger charge is -2.42. The predicted molar refractivity (Wildman–Crippen MR) is 205 cm³/mol. The molecule has 0 N–H and O–H groups in total. The van der Waals surface area contributed by atoms with E-state index in [0.717, 1.165) is 17.9 Å². The van der Waals surface area contributed by atoms with Gasteiger partial charge >= 0.3 is 0 Å². The van der Waals surface area contributed by atoms with Crippen LogP contribution in [0.15, 0.2) is 157 Å². The van der Waals surface area contributed by atoms with Gasteiger partial charge in [-0.05, 0) is 88.4 Å². The summed E-state index contributed by atoms with van der Waals surface area (Å²) in [6.07, 6.45) is 10.5. The minimum atomic E-state index is -0.151. The van der Waals surface area contributed by atoms with Crippen molar-refractivity contribution in [2.75, 3.05) is 6.61 Å². The minimum Gasteiger partial charge on any atom is -0.488 e. The number of nitrogens with zero attached hydrogens (tertiary/aromatic N) is 2. The molecule has 1 unspecified atom stereocenters. The number of benzene rings is 6. The molecule has 2 aliphatic heterocycles. The van der Waals surface area contributed by atoms with E-state index >= 15 is 0 Å². The highest BCUT2D eigenvalue weighted by Crippen LogP contribution is 2.61. The molecule has 8 aromatic rings. The van der Waals surface area contributed by atoms with Gasteiger partial charge in [0.25, 0.3) is 0 Å². The van der Waals surface area contributed by atoms with Crippen LogP contribution in [0.3, 0.4) is 0 Å². The number of ether oxygens (including phenoxy) is 1. The van der Waals surface area contributed by atoms with Crippen LogP contribution in [0, 0.1) is 0 Å². The molecule has 1 atom stereocenters. The number of para-hydroxylation sites is 1. The van der Waals surface area contributed by atoms with Gasteiger partial charge in [0.15, 0.2) is 0 Å². The van der Waals surface area contributed by atoms with Crippen LogP contribution < -0.4 is 4.74 Å². The van der Waals surface area contributed by atoms with Crippen molar-refractivity contribution in [3.8, 4) is 39.4 Å². The maximum Gasteiger partial charge on any atom is 0.129 e. The van der Waals surface area contributed by atoms with Crippen molar-refractivity contribution in [3.63, 3.8) is 0 Å². The summed E-state index contributed by atoms with van der Waals surface area (Å²) in [6, 6.07) is 49.0. The molecule has 3 heteroatoms. The normalized spacial score (nSPS) is 17.8. The van der Waals surface area contributed by atoms with Crippen molar-refractivity contribution in [1.29, 1.82) is 0 Å². The van der Waals surface area contributed by atoms with E-state index in [1.807, 2.05) is 0 Å². The van der Waals surface area contributed by atoms with Crippen LogP contribution >= 0.6 is 0 Å². The van der Waals surface area contributed by atoms with Crippen LogP contribution in [0.1, 0.15) is 23.2 Å². The Morgan fingerprint density at radius 3 is 2.24 bits per heavy atom. The lowest BCUT2D eigenvalue weighted by molar-refractivity contribution is 0.347.